The molecule has 0 bridgehead atoms. The minimum absolute atomic E-state index is 0.0735. The Bertz CT molecular complexity index is 669. The molecule has 0 saturated heterocycles. The van der Waals surface area contributed by atoms with E-state index in [9.17, 15) is 8.78 Å². The molecular formula is C14H13F2N3O. The van der Waals surface area contributed by atoms with Crippen LogP contribution >= 0.6 is 0 Å². The third-order valence-electron chi connectivity index (χ3n) is 3.18. The van der Waals surface area contributed by atoms with Crippen molar-refractivity contribution in [1.82, 2.24) is 4.57 Å². The first kappa shape index (κ1) is 13.9. The first-order valence-electron chi connectivity index (χ1n) is 5.88. The molecule has 0 fully saturated rings. The molecule has 20 heavy (non-hydrogen) atoms. The Balaban J connectivity index is 2.45. The number of nitrogen functional groups attached to an aromatic ring is 1. The van der Waals surface area contributed by atoms with Crippen LogP contribution in [0.25, 0.3) is 5.69 Å². The van der Waals surface area contributed by atoms with Gasteiger partial charge in [0.15, 0.2) is 0 Å². The summed E-state index contributed by atoms with van der Waals surface area (Å²) in [6, 6.07) is 8.15. The Kier molecular flexibility index (Phi) is 3.61. The molecule has 104 valence electrons. The highest BCUT2D eigenvalue weighted by atomic mass is 19.3. The van der Waals surface area contributed by atoms with Crippen molar-refractivity contribution in [3.63, 3.8) is 0 Å². The van der Waals surface area contributed by atoms with Crippen molar-refractivity contribution < 1.29 is 13.5 Å². The van der Waals surface area contributed by atoms with Gasteiger partial charge in [0, 0.05) is 11.4 Å². The van der Waals surface area contributed by atoms with Gasteiger partial charge in [-0.25, -0.2) is 0 Å². The summed E-state index contributed by atoms with van der Waals surface area (Å²) in [4.78, 5) is 0. The van der Waals surface area contributed by atoms with E-state index in [0.717, 1.165) is 11.3 Å². The summed E-state index contributed by atoms with van der Waals surface area (Å²) in [5.74, 6) is 0.411. The monoisotopic (exact) mass is 277 g/mol. The quantitative estimate of drug-likeness (QED) is 0.937. The van der Waals surface area contributed by atoms with E-state index in [-0.39, 0.29) is 5.75 Å². The molecule has 6 heteroatoms. The predicted octanol–water partition coefficient (Wildman–Crippen LogP) is 3.15. The second-order valence-electron chi connectivity index (χ2n) is 4.29. The number of anilines is 1. The predicted molar refractivity (Wildman–Crippen MR) is 71.0 cm³/mol. The number of nitriles is 1. The standard InChI is InChI=1S/C14H13F2N3O/c1-8-9(2)19(13(18)12(8)7-17)10-3-5-11(6-4-10)20-14(15)16/h3-6,14H,18H2,1-2H3. The Morgan fingerprint density at radius 1 is 1.25 bits per heavy atom. The molecule has 0 atom stereocenters. The molecule has 1 heterocycles. The lowest BCUT2D eigenvalue weighted by Gasteiger charge is -2.10. The minimum Gasteiger partial charge on any atom is -0.435 e. The van der Waals surface area contributed by atoms with Crippen molar-refractivity contribution in [3.05, 3.63) is 41.1 Å². The fourth-order valence-electron chi connectivity index (χ4n) is 2.08. The van der Waals surface area contributed by atoms with Gasteiger partial charge in [-0.3, -0.25) is 4.57 Å². The highest BCUT2D eigenvalue weighted by Gasteiger charge is 2.16. The number of benzene rings is 1. The van der Waals surface area contributed by atoms with Crippen molar-refractivity contribution >= 4 is 5.82 Å². The zero-order valence-corrected chi connectivity index (χ0v) is 11.0. The van der Waals surface area contributed by atoms with E-state index in [4.69, 9.17) is 11.0 Å². The molecule has 2 aromatic rings. The van der Waals surface area contributed by atoms with E-state index < -0.39 is 6.61 Å². The second-order valence-corrected chi connectivity index (χ2v) is 4.29. The minimum atomic E-state index is -2.85. The number of hydrogen-bond donors (Lipinski definition) is 1. The molecule has 0 radical (unpaired) electrons. The van der Waals surface area contributed by atoms with E-state index >= 15 is 0 Å². The number of halogens is 2. The third-order valence-corrected chi connectivity index (χ3v) is 3.18. The molecular weight excluding hydrogens is 264 g/mol. The Hall–Kier alpha value is -2.55. The van der Waals surface area contributed by atoms with Gasteiger partial charge >= 0.3 is 6.61 Å². The lowest BCUT2D eigenvalue weighted by atomic mass is 10.2. The number of alkyl halides is 2. The molecule has 0 saturated carbocycles. The molecule has 0 amide bonds. The maximum Gasteiger partial charge on any atom is 0.387 e. The average Bonchev–Trinajstić information content (AvgIpc) is 2.61. The van der Waals surface area contributed by atoms with Gasteiger partial charge < -0.3 is 10.5 Å². The first-order valence-corrected chi connectivity index (χ1v) is 5.88. The Morgan fingerprint density at radius 3 is 2.30 bits per heavy atom. The molecule has 2 N–H and O–H groups in total. The molecule has 0 aliphatic carbocycles. The Morgan fingerprint density at radius 2 is 1.85 bits per heavy atom. The molecule has 1 aromatic carbocycles. The van der Waals surface area contributed by atoms with Crippen LogP contribution in [0.2, 0.25) is 0 Å². The molecule has 0 aliphatic heterocycles. The van der Waals surface area contributed by atoms with Crippen LogP contribution in [0.1, 0.15) is 16.8 Å². The van der Waals surface area contributed by atoms with Gasteiger partial charge in [0.2, 0.25) is 0 Å². The Labute approximate surface area is 115 Å². The van der Waals surface area contributed by atoms with Crippen molar-refractivity contribution in [2.45, 2.75) is 20.5 Å². The zero-order chi connectivity index (χ0) is 14.9. The number of hydrogen-bond acceptors (Lipinski definition) is 3. The van der Waals surface area contributed by atoms with Gasteiger partial charge in [0.05, 0.1) is 5.56 Å². The van der Waals surface area contributed by atoms with Gasteiger partial charge in [-0.15, -0.1) is 0 Å². The normalized spacial score (nSPS) is 10.6. The van der Waals surface area contributed by atoms with Crippen molar-refractivity contribution in [1.29, 1.82) is 5.26 Å². The number of nitrogens with two attached hydrogens (primary N) is 1. The van der Waals surface area contributed by atoms with E-state index in [1.807, 2.05) is 13.8 Å². The summed E-state index contributed by atoms with van der Waals surface area (Å²) < 4.78 is 30.2. The average molecular weight is 277 g/mol. The van der Waals surface area contributed by atoms with Crippen molar-refractivity contribution in [2.75, 3.05) is 5.73 Å². The van der Waals surface area contributed by atoms with Crippen LogP contribution in [-0.2, 0) is 0 Å². The van der Waals surface area contributed by atoms with Crippen LogP contribution in [-0.4, -0.2) is 11.2 Å². The molecule has 4 nitrogen and oxygen atoms in total. The van der Waals surface area contributed by atoms with Crippen LogP contribution in [0.15, 0.2) is 24.3 Å². The van der Waals surface area contributed by atoms with Crippen LogP contribution in [0.4, 0.5) is 14.6 Å². The van der Waals surface area contributed by atoms with Crippen LogP contribution in [0, 0.1) is 25.2 Å². The van der Waals surface area contributed by atoms with Gasteiger partial charge in [0.25, 0.3) is 0 Å². The summed E-state index contributed by atoms with van der Waals surface area (Å²) in [5, 5.41) is 9.08. The van der Waals surface area contributed by atoms with E-state index in [0.29, 0.717) is 17.1 Å². The number of ether oxygens (including phenoxy) is 1. The van der Waals surface area contributed by atoms with Crippen LogP contribution in [0.5, 0.6) is 5.75 Å². The zero-order valence-electron chi connectivity index (χ0n) is 11.0. The summed E-state index contributed by atoms with van der Waals surface area (Å²) >= 11 is 0. The topological polar surface area (TPSA) is 64.0 Å². The molecule has 1 aromatic heterocycles. The summed E-state index contributed by atoms with van der Waals surface area (Å²) in [5.41, 5.74) is 8.71. The van der Waals surface area contributed by atoms with Gasteiger partial charge in [-0.05, 0) is 43.7 Å². The van der Waals surface area contributed by atoms with Gasteiger partial charge in [-0.1, -0.05) is 0 Å². The fraction of sp³-hybridized carbons (Fsp3) is 0.214. The number of rotatable bonds is 3. The third kappa shape index (κ3) is 2.30. The summed E-state index contributed by atoms with van der Waals surface area (Å²) in [6.45, 7) is 0.803. The largest absolute Gasteiger partial charge is 0.435 e. The number of aromatic nitrogens is 1. The SMILES string of the molecule is Cc1c(C#N)c(N)n(-c2ccc(OC(F)F)cc2)c1C. The second kappa shape index (κ2) is 5.21. The molecule has 0 aliphatic rings. The van der Waals surface area contributed by atoms with Crippen LogP contribution < -0.4 is 10.5 Å². The van der Waals surface area contributed by atoms with Crippen molar-refractivity contribution in [2.24, 2.45) is 0 Å². The highest BCUT2D eigenvalue weighted by Crippen LogP contribution is 2.28. The summed E-state index contributed by atoms with van der Waals surface area (Å²) in [6.07, 6.45) is 0. The van der Waals surface area contributed by atoms with Crippen molar-refractivity contribution in [3.8, 4) is 17.5 Å². The van der Waals surface area contributed by atoms with E-state index in [1.54, 1.807) is 16.7 Å². The van der Waals surface area contributed by atoms with E-state index in [2.05, 4.69) is 10.8 Å². The van der Waals surface area contributed by atoms with Gasteiger partial charge in [0.1, 0.15) is 17.6 Å². The van der Waals surface area contributed by atoms with E-state index in [1.165, 1.54) is 12.1 Å². The first-order chi connectivity index (χ1) is 9.45. The maximum absolute atomic E-state index is 12.1. The fourth-order valence-corrected chi connectivity index (χ4v) is 2.08. The lowest BCUT2D eigenvalue weighted by molar-refractivity contribution is -0.0498. The van der Waals surface area contributed by atoms with Crippen LogP contribution in [0.3, 0.4) is 0 Å². The lowest BCUT2D eigenvalue weighted by Crippen LogP contribution is -2.04. The molecule has 0 unspecified atom stereocenters. The maximum atomic E-state index is 12.1. The summed E-state index contributed by atoms with van der Waals surface area (Å²) in [7, 11) is 0. The highest BCUT2D eigenvalue weighted by molar-refractivity contribution is 5.62. The molecule has 2 rings (SSSR count). The molecule has 0 spiro atoms. The number of nitrogens with zero attached hydrogens (tertiary/aromatic N) is 2. The van der Waals surface area contributed by atoms with Gasteiger partial charge in [-0.2, -0.15) is 14.0 Å². The smallest absolute Gasteiger partial charge is 0.387 e.